The summed E-state index contributed by atoms with van der Waals surface area (Å²) in [4.78, 5) is 18.1. The van der Waals surface area contributed by atoms with Crippen LogP contribution in [0.3, 0.4) is 0 Å². The monoisotopic (exact) mass is 285 g/mol. The minimum absolute atomic E-state index is 0.105. The number of hydrogen-bond acceptors (Lipinski definition) is 4. The van der Waals surface area contributed by atoms with E-state index in [2.05, 4.69) is 4.98 Å². The molecule has 5 heteroatoms. The highest BCUT2D eigenvalue weighted by Gasteiger charge is 2.14. The summed E-state index contributed by atoms with van der Waals surface area (Å²) >= 11 is 0. The molecule has 0 atom stereocenters. The Morgan fingerprint density at radius 2 is 1.95 bits per heavy atom. The molecule has 0 radical (unpaired) electrons. The van der Waals surface area contributed by atoms with Crippen molar-refractivity contribution in [3.8, 4) is 11.5 Å². The summed E-state index contributed by atoms with van der Waals surface area (Å²) in [6.07, 6.45) is 1.56. The number of nitrogen functional groups attached to an aromatic ring is 1. The standard InChI is InChI=1S/C16H19N3O2/c1-3-19(4-2)16(20)14-11-12(9-10-18-14)21-15-8-6-5-7-13(15)17/h5-11H,3-4,17H2,1-2H3. The highest BCUT2D eigenvalue weighted by atomic mass is 16.5. The van der Waals surface area contributed by atoms with Crippen LogP contribution < -0.4 is 10.5 Å². The topological polar surface area (TPSA) is 68.5 Å². The molecule has 1 aromatic carbocycles. The maximum atomic E-state index is 12.3. The van der Waals surface area contributed by atoms with Crippen LogP contribution in [-0.4, -0.2) is 28.9 Å². The van der Waals surface area contributed by atoms with E-state index in [1.54, 1.807) is 35.4 Å². The van der Waals surface area contributed by atoms with Crippen molar-refractivity contribution in [3.63, 3.8) is 0 Å². The van der Waals surface area contributed by atoms with Gasteiger partial charge in [0.2, 0.25) is 0 Å². The summed E-state index contributed by atoms with van der Waals surface area (Å²) in [6.45, 7) is 5.17. The number of rotatable bonds is 5. The molecule has 0 aliphatic carbocycles. The number of carbonyl (C=O) groups is 1. The number of hydrogen-bond donors (Lipinski definition) is 1. The summed E-state index contributed by atoms with van der Waals surface area (Å²) in [5.41, 5.74) is 6.76. The molecule has 1 amide bonds. The fourth-order valence-corrected chi connectivity index (χ4v) is 1.96. The number of carbonyl (C=O) groups excluding carboxylic acids is 1. The molecule has 0 saturated carbocycles. The van der Waals surface area contributed by atoms with Crippen LogP contribution >= 0.6 is 0 Å². The second-order valence-corrected chi connectivity index (χ2v) is 4.49. The molecule has 2 N–H and O–H groups in total. The number of ether oxygens (including phenoxy) is 1. The number of aromatic nitrogens is 1. The summed E-state index contributed by atoms with van der Waals surface area (Å²) in [7, 11) is 0. The molecule has 0 bridgehead atoms. The van der Waals surface area contributed by atoms with Crippen molar-refractivity contribution in [1.82, 2.24) is 9.88 Å². The van der Waals surface area contributed by atoms with Crippen molar-refractivity contribution >= 4 is 11.6 Å². The van der Waals surface area contributed by atoms with Crippen molar-refractivity contribution in [3.05, 3.63) is 48.3 Å². The third-order valence-corrected chi connectivity index (χ3v) is 3.15. The molecule has 5 nitrogen and oxygen atoms in total. The van der Waals surface area contributed by atoms with Crippen molar-refractivity contribution in [2.45, 2.75) is 13.8 Å². The molecule has 0 saturated heterocycles. The maximum absolute atomic E-state index is 12.3. The van der Waals surface area contributed by atoms with Gasteiger partial charge in [-0.05, 0) is 32.0 Å². The van der Waals surface area contributed by atoms with E-state index in [9.17, 15) is 4.79 Å². The number of pyridine rings is 1. The Balaban J connectivity index is 2.22. The first-order valence-corrected chi connectivity index (χ1v) is 6.93. The first kappa shape index (κ1) is 14.8. The molecule has 0 spiro atoms. The Kier molecular flexibility index (Phi) is 4.77. The summed E-state index contributed by atoms with van der Waals surface area (Å²) in [5, 5.41) is 0. The molecule has 0 aliphatic heterocycles. The molecule has 2 aromatic rings. The van der Waals surface area contributed by atoms with Gasteiger partial charge in [0.15, 0.2) is 0 Å². The van der Waals surface area contributed by atoms with E-state index in [-0.39, 0.29) is 5.91 Å². The van der Waals surface area contributed by atoms with Crippen LogP contribution in [0.1, 0.15) is 24.3 Å². The molecular formula is C16H19N3O2. The lowest BCUT2D eigenvalue weighted by molar-refractivity contribution is 0.0767. The number of nitrogens with zero attached hydrogens (tertiary/aromatic N) is 2. The van der Waals surface area contributed by atoms with Crippen molar-refractivity contribution in [2.24, 2.45) is 0 Å². The second kappa shape index (κ2) is 6.74. The van der Waals surface area contributed by atoms with Gasteiger partial charge in [-0.3, -0.25) is 9.78 Å². The lowest BCUT2D eigenvalue weighted by Crippen LogP contribution is -2.31. The zero-order valence-corrected chi connectivity index (χ0v) is 12.2. The molecule has 1 heterocycles. The van der Waals surface area contributed by atoms with Gasteiger partial charge in [0, 0.05) is 25.4 Å². The summed E-state index contributed by atoms with van der Waals surface area (Å²) < 4.78 is 5.71. The van der Waals surface area contributed by atoms with E-state index in [1.165, 1.54) is 0 Å². The number of amides is 1. The average Bonchev–Trinajstić information content (AvgIpc) is 2.51. The highest BCUT2D eigenvalue weighted by Crippen LogP contribution is 2.26. The van der Waals surface area contributed by atoms with E-state index < -0.39 is 0 Å². The van der Waals surface area contributed by atoms with Gasteiger partial charge in [0.05, 0.1) is 5.69 Å². The maximum Gasteiger partial charge on any atom is 0.272 e. The minimum atomic E-state index is -0.105. The van der Waals surface area contributed by atoms with Crippen LogP contribution in [0.15, 0.2) is 42.6 Å². The molecule has 0 aliphatic rings. The van der Waals surface area contributed by atoms with E-state index >= 15 is 0 Å². The largest absolute Gasteiger partial charge is 0.455 e. The normalized spacial score (nSPS) is 10.2. The average molecular weight is 285 g/mol. The van der Waals surface area contributed by atoms with Gasteiger partial charge in [0.1, 0.15) is 17.2 Å². The highest BCUT2D eigenvalue weighted by molar-refractivity contribution is 5.92. The van der Waals surface area contributed by atoms with Gasteiger partial charge in [-0.2, -0.15) is 0 Å². The molecule has 0 unspecified atom stereocenters. The molecule has 1 aromatic heterocycles. The van der Waals surface area contributed by atoms with Gasteiger partial charge in [-0.15, -0.1) is 0 Å². The molecule has 21 heavy (non-hydrogen) atoms. The lowest BCUT2D eigenvalue weighted by Gasteiger charge is -2.18. The Labute approximate surface area is 124 Å². The first-order chi connectivity index (χ1) is 10.2. The Morgan fingerprint density at radius 3 is 2.62 bits per heavy atom. The van der Waals surface area contributed by atoms with E-state index in [0.717, 1.165) is 0 Å². The number of nitrogens with two attached hydrogens (primary N) is 1. The van der Waals surface area contributed by atoms with Gasteiger partial charge >= 0.3 is 0 Å². The van der Waals surface area contributed by atoms with Gasteiger partial charge in [-0.25, -0.2) is 0 Å². The predicted molar refractivity (Wildman–Crippen MR) is 82.4 cm³/mol. The Bertz CT molecular complexity index is 624. The lowest BCUT2D eigenvalue weighted by atomic mass is 10.3. The molecular weight excluding hydrogens is 266 g/mol. The SMILES string of the molecule is CCN(CC)C(=O)c1cc(Oc2ccccc2N)ccn1. The molecule has 0 fully saturated rings. The van der Waals surface area contributed by atoms with Crippen molar-refractivity contribution < 1.29 is 9.53 Å². The van der Waals surface area contributed by atoms with Crippen LogP contribution in [-0.2, 0) is 0 Å². The van der Waals surface area contributed by atoms with Gasteiger partial charge < -0.3 is 15.4 Å². The van der Waals surface area contributed by atoms with Gasteiger partial charge in [0.25, 0.3) is 5.91 Å². The van der Waals surface area contributed by atoms with E-state index in [1.807, 2.05) is 26.0 Å². The first-order valence-electron chi connectivity index (χ1n) is 6.93. The van der Waals surface area contributed by atoms with Crippen molar-refractivity contribution in [1.29, 1.82) is 0 Å². The van der Waals surface area contributed by atoms with Crippen LogP contribution in [0.5, 0.6) is 11.5 Å². The van der Waals surface area contributed by atoms with Crippen LogP contribution in [0.25, 0.3) is 0 Å². The third kappa shape index (κ3) is 3.51. The van der Waals surface area contributed by atoms with E-state index in [4.69, 9.17) is 10.5 Å². The fourth-order valence-electron chi connectivity index (χ4n) is 1.96. The Morgan fingerprint density at radius 1 is 1.24 bits per heavy atom. The number of anilines is 1. The fraction of sp³-hybridized carbons (Fsp3) is 0.250. The van der Waals surface area contributed by atoms with Gasteiger partial charge in [-0.1, -0.05) is 12.1 Å². The van der Waals surface area contributed by atoms with Crippen LogP contribution in [0.2, 0.25) is 0 Å². The third-order valence-electron chi connectivity index (χ3n) is 3.15. The quantitative estimate of drug-likeness (QED) is 0.858. The summed E-state index contributed by atoms with van der Waals surface area (Å²) in [5.74, 6) is 0.995. The Hall–Kier alpha value is -2.56. The minimum Gasteiger partial charge on any atom is -0.455 e. The molecule has 110 valence electrons. The smallest absolute Gasteiger partial charge is 0.272 e. The van der Waals surface area contributed by atoms with Crippen LogP contribution in [0.4, 0.5) is 5.69 Å². The zero-order chi connectivity index (χ0) is 15.2. The van der Waals surface area contributed by atoms with Crippen molar-refractivity contribution in [2.75, 3.05) is 18.8 Å². The molecule has 2 rings (SSSR count). The van der Waals surface area contributed by atoms with E-state index in [0.29, 0.717) is 36.0 Å². The number of para-hydroxylation sites is 2. The predicted octanol–water partition coefficient (Wildman–Crippen LogP) is 2.94. The number of benzene rings is 1. The second-order valence-electron chi connectivity index (χ2n) is 4.49. The summed E-state index contributed by atoms with van der Waals surface area (Å²) in [6, 6.07) is 10.6. The van der Waals surface area contributed by atoms with Crippen LogP contribution in [0, 0.1) is 0 Å². The zero-order valence-electron chi connectivity index (χ0n) is 12.2.